The third-order valence-electron chi connectivity index (χ3n) is 4.22. The first-order chi connectivity index (χ1) is 9.11. The fraction of sp³-hybridized carbons (Fsp3) is 0.571. The molecule has 2 unspecified atom stereocenters. The summed E-state index contributed by atoms with van der Waals surface area (Å²) in [6, 6.07) is 2.43. The van der Waals surface area contributed by atoms with E-state index in [1.165, 1.54) is 5.56 Å². The van der Waals surface area contributed by atoms with Gasteiger partial charge in [-0.15, -0.1) is 0 Å². The van der Waals surface area contributed by atoms with Crippen molar-refractivity contribution in [3.05, 3.63) is 22.2 Å². The number of hydrogen-bond donors (Lipinski definition) is 1. The van der Waals surface area contributed by atoms with E-state index in [9.17, 15) is 0 Å². The van der Waals surface area contributed by atoms with Crippen molar-refractivity contribution >= 4 is 11.6 Å². The van der Waals surface area contributed by atoms with E-state index in [0.29, 0.717) is 22.7 Å². The summed E-state index contributed by atoms with van der Waals surface area (Å²) in [5.74, 6) is 1.99. The Balaban J connectivity index is 2.00. The third kappa shape index (κ3) is 2.08. The van der Waals surface area contributed by atoms with Crippen molar-refractivity contribution in [2.24, 2.45) is 11.7 Å². The molecule has 2 aliphatic rings. The highest BCUT2D eigenvalue weighted by Gasteiger charge is 2.33. The van der Waals surface area contributed by atoms with Gasteiger partial charge in [-0.25, -0.2) is 0 Å². The van der Waals surface area contributed by atoms with E-state index in [2.05, 4.69) is 18.0 Å². The summed E-state index contributed by atoms with van der Waals surface area (Å²) in [4.78, 5) is 2.35. The molecule has 19 heavy (non-hydrogen) atoms. The zero-order valence-corrected chi connectivity index (χ0v) is 12.0. The molecule has 1 saturated heterocycles. The van der Waals surface area contributed by atoms with Crippen LogP contribution in [0.2, 0.25) is 5.02 Å². The number of nitrogens with two attached hydrogens (primary N) is 1. The first kappa shape index (κ1) is 13.0. The van der Waals surface area contributed by atoms with Crippen LogP contribution in [0.15, 0.2) is 6.07 Å². The van der Waals surface area contributed by atoms with Crippen LogP contribution in [0.4, 0.5) is 0 Å². The zero-order valence-electron chi connectivity index (χ0n) is 11.3. The van der Waals surface area contributed by atoms with Crippen molar-refractivity contribution < 1.29 is 9.47 Å². The van der Waals surface area contributed by atoms with Crippen LogP contribution >= 0.6 is 11.6 Å². The number of hydrogen-bond acceptors (Lipinski definition) is 4. The predicted molar refractivity (Wildman–Crippen MR) is 74.8 cm³/mol. The molecule has 0 bridgehead atoms. The van der Waals surface area contributed by atoms with Crippen LogP contribution in [0.1, 0.15) is 23.6 Å². The van der Waals surface area contributed by atoms with Crippen LogP contribution in [0.25, 0.3) is 0 Å². The van der Waals surface area contributed by atoms with Gasteiger partial charge in [-0.3, -0.25) is 4.90 Å². The number of fused-ring (bicyclic) bond motifs is 1. The molecule has 0 spiro atoms. The molecular formula is C14H19ClN2O2. The quantitative estimate of drug-likeness (QED) is 0.904. The number of likely N-dealkylation sites (tertiary alicyclic amines) is 1. The Morgan fingerprint density at radius 2 is 2.26 bits per heavy atom. The summed E-state index contributed by atoms with van der Waals surface area (Å²) in [7, 11) is 2.14. The van der Waals surface area contributed by atoms with Crippen molar-refractivity contribution in [1.82, 2.24) is 4.90 Å². The molecule has 3 rings (SSSR count). The van der Waals surface area contributed by atoms with Gasteiger partial charge in [0.25, 0.3) is 0 Å². The molecule has 0 aliphatic carbocycles. The summed E-state index contributed by atoms with van der Waals surface area (Å²) in [5.41, 5.74) is 8.11. The maximum Gasteiger partial charge on any atom is 0.231 e. The second-order valence-corrected chi connectivity index (χ2v) is 5.81. The summed E-state index contributed by atoms with van der Waals surface area (Å²) in [6.45, 7) is 4.07. The molecule has 2 heterocycles. The van der Waals surface area contributed by atoms with Gasteiger partial charge in [0.1, 0.15) is 0 Å². The van der Waals surface area contributed by atoms with Gasteiger partial charge in [-0.1, -0.05) is 11.6 Å². The molecule has 1 fully saturated rings. The fourth-order valence-electron chi connectivity index (χ4n) is 3.10. The summed E-state index contributed by atoms with van der Waals surface area (Å²) in [6.07, 6.45) is 1.07. The highest BCUT2D eigenvalue weighted by molar-refractivity contribution is 6.33. The van der Waals surface area contributed by atoms with Crippen LogP contribution in [-0.4, -0.2) is 31.8 Å². The van der Waals surface area contributed by atoms with Gasteiger partial charge in [0, 0.05) is 12.6 Å². The Bertz CT molecular complexity index is 507. The molecule has 0 amide bonds. The number of ether oxygens (including phenoxy) is 2. The van der Waals surface area contributed by atoms with Gasteiger partial charge >= 0.3 is 0 Å². The molecule has 4 nitrogen and oxygen atoms in total. The van der Waals surface area contributed by atoms with Gasteiger partial charge in [-0.2, -0.15) is 0 Å². The smallest absolute Gasteiger partial charge is 0.231 e. The first-order valence-electron chi connectivity index (χ1n) is 6.60. The first-order valence-corrected chi connectivity index (χ1v) is 6.98. The Labute approximate surface area is 118 Å². The number of halogens is 1. The van der Waals surface area contributed by atoms with Crippen molar-refractivity contribution in [3.63, 3.8) is 0 Å². The molecule has 104 valence electrons. The van der Waals surface area contributed by atoms with Gasteiger partial charge in [0.2, 0.25) is 6.79 Å². The lowest BCUT2D eigenvalue weighted by molar-refractivity contribution is 0.174. The zero-order chi connectivity index (χ0) is 13.6. The molecule has 0 radical (unpaired) electrons. The lowest BCUT2D eigenvalue weighted by atomic mass is 9.95. The van der Waals surface area contributed by atoms with Gasteiger partial charge in [0.05, 0.1) is 5.02 Å². The number of rotatable bonds is 2. The predicted octanol–water partition coefficient (Wildman–Crippen LogP) is 2.33. The topological polar surface area (TPSA) is 47.7 Å². The highest BCUT2D eigenvalue weighted by Crippen LogP contribution is 2.46. The Hall–Kier alpha value is -0.970. The normalized spacial score (nSPS) is 26.1. The lowest BCUT2D eigenvalue weighted by Crippen LogP contribution is -2.21. The SMILES string of the molecule is Cc1c(C2CC(CN)CN2C)cc2c(c1Cl)OCO2. The molecular weight excluding hydrogens is 264 g/mol. The van der Waals surface area contributed by atoms with Crippen LogP contribution < -0.4 is 15.2 Å². The van der Waals surface area contributed by atoms with E-state index in [1.54, 1.807) is 0 Å². The Kier molecular flexibility index (Phi) is 3.33. The summed E-state index contributed by atoms with van der Waals surface area (Å²) in [5, 5.41) is 0.676. The minimum Gasteiger partial charge on any atom is -0.454 e. The van der Waals surface area contributed by atoms with Crippen LogP contribution in [-0.2, 0) is 0 Å². The second-order valence-electron chi connectivity index (χ2n) is 5.43. The van der Waals surface area contributed by atoms with Crippen molar-refractivity contribution in [1.29, 1.82) is 0 Å². The summed E-state index contributed by atoms with van der Waals surface area (Å²) >= 11 is 6.39. The van der Waals surface area contributed by atoms with E-state index < -0.39 is 0 Å². The third-order valence-corrected chi connectivity index (χ3v) is 4.67. The van der Waals surface area contributed by atoms with Crippen LogP contribution in [0, 0.1) is 12.8 Å². The number of nitrogens with zero attached hydrogens (tertiary/aromatic N) is 1. The summed E-state index contributed by atoms with van der Waals surface area (Å²) < 4.78 is 10.9. The lowest BCUT2D eigenvalue weighted by Gasteiger charge is -2.22. The molecule has 5 heteroatoms. The molecule has 2 N–H and O–H groups in total. The van der Waals surface area contributed by atoms with Crippen molar-refractivity contribution in [2.45, 2.75) is 19.4 Å². The largest absolute Gasteiger partial charge is 0.454 e. The number of benzene rings is 1. The molecule has 1 aromatic rings. The van der Waals surface area contributed by atoms with E-state index in [-0.39, 0.29) is 6.79 Å². The van der Waals surface area contributed by atoms with Crippen molar-refractivity contribution in [3.8, 4) is 11.5 Å². The second kappa shape index (κ2) is 4.85. The van der Waals surface area contributed by atoms with Gasteiger partial charge in [0.15, 0.2) is 11.5 Å². The van der Waals surface area contributed by atoms with E-state index in [4.69, 9.17) is 26.8 Å². The standard InChI is InChI=1S/C14H19ClN2O2/c1-8-10(11-3-9(5-16)6-17(11)2)4-12-14(13(8)15)19-7-18-12/h4,9,11H,3,5-7,16H2,1-2H3. The molecule has 0 aromatic heterocycles. The van der Waals surface area contributed by atoms with Crippen molar-refractivity contribution in [2.75, 3.05) is 26.9 Å². The maximum atomic E-state index is 6.39. The molecule has 2 atom stereocenters. The minimum atomic E-state index is 0.254. The van der Waals surface area contributed by atoms with E-state index >= 15 is 0 Å². The Morgan fingerprint density at radius 1 is 1.47 bits per heavy atom. The Morgan fingerprint density at radius 3 is 2.95 bits per heavy atom. The van der Waals surface area contributed by atoms with Crippen LogP contribution in [0.5, 0.6) is 11.5 Å². The molecule has 0 saturated carbocycles. The molecule has 2 aliphatic heterocycles. The maximum absolute atomic E-state index is 6.39. The van der Waals surface area contributed by atoms with E-state index in [1.807, 2.05) is 6.92 Å². The average Bonchev–Trinajstić information content (AvgIpc) is 3.00. The minimum absolute atomic E-state index is 0.254. The fourth-order valence-corrected chi connectivity index (χ4v) is 3.36. The van der Waals surface area contributed by atoms with E-state index in [0.717, 1.165) is 30.8 Å². The van der Waals surface area contributed by atoms with Gasteiger partial charge in [-0.05, 0) is 50.0 Å². The van der Waals surface area contributed by atoms with Gasteiger partial charge < -0.3 is 15.2 Å². The monoisotopic (exact) mass is 282 g/mol. The molecule has 1 aromatic carbocycles. The van der Waals surface area contributed by atoms with Crippen LogP contribution in [0.3, 0.4) is 0 Å². The average molecular weight is 283 g/mol. The highest BCUT2D eigenvalue weighted by atomic mass is 35.5.